The van der Waals surface area contributed by atoms with Crippen molar-refractivity contribution in [1.82, 2.24) is 9.78 Å². The molecule has 0 fully saturated rings. The van der Waals surface area contributed by atoms with Gasteiger partial charge in [0.25, 0.3) is 11.8 Å². The topological polar surface area (TPSA) is 115 Å². The molecule has 174 valence electrons. The molecule has 1 aliphatic carbocycles. The maximum Gasteiger partial charge on any atom is 0.410 e. The molecule has 33 heavy (non-hydrogen) atoms. The van der Waals surface area contributed by atoms with Crippen LogP contribution in [0.2, 0.25) is 0 Å². The van der Waals surface area contributed by atoms with E-state index in [9.17, 15) is 22.8 Å². The Labute approximate surface area is 189 Å². The number of alkyl halides is 3. The Morgan fingerprint density at radius 3 is 2.79 bits per heavy atom. The highest BCUT2D eigenvalue weighted by Crippen LogP contribution is 2.45. The Bertz CT molecular complexity index is 1210. The fraction of sp³-hybridized carbons (Fsp3) is 0.381. The molecule has 0 aromatic carbocycles. The van der Waals surface area contributed by atoms with Gasteiger partial charge in [-0.2, -0.15) is 18.3 Å². The Morgan fingerprint density at radius 2 is 2.09 bits per heavy atom. The lowest BCUT2D eigenvalue weighted by molar-refractivity contribution is -0.174. The number of amides is 2. The fourth-order valence-corrected chi connectivity index (χ4v) is 5.78. The Balaban J connectivity index is 1.50. The third-order valence-electron chi connectivity index (χ3n) is 6.01. The van der Waals surface area contributed by atoms with E-state index in [0.29, 0.717) is 17.2 Å². The highest BCUT2D eigenvalue weighted by molar-refractivity contribution is 7.17. The smallest absolute Gasteiger partial charge is 0.410 e. The van der Waals surface area contributed by atoms with E-state index < -0.39 is 30.1 Å². The number of fused-ring (bicyclic) bond motifs is 2. The average Bonchev–Trinajstić information content (AvgIpc) is 3.49. The zero-order valence-electron chi connectivity index (χ0n) is 17.2. The van der Waals surface area contributed by atoms with E-state index in [2.05, 4.69) is 15.7 Å². The van der Waals surface area contributed by atoms with Crippen LogP contribution >= 0.6 is 11.3 Å². The molecule has 1 aliphatic heterocycles. The molecule has 0 spiro atoms. The molecular weight excluding hydrogens is 459 g/mol. The van der Waals surface area contributed by atoms with Gasteiger partial charge in [0.1, 0.15) is 22.1 Å². The number of primary amides is 1. The molecule has 0 radical (unpaired) electrons. The van der Waals surface area contributed by atoms with Crippen molar-refractivity contribution in [2.75, 3.05) is 10.6 Å². The zero-order chi connectivity index (χ0) is 23.3. The summed E-state index contributed by atoms with van der Waals surface area (Å²) in [6.07, 6.45) is 0.949. The molecule has 2 amide bonds. The lowest BCUT2D eigenvalue weighted by Crippen LogP contribution is -2.36. The molecule has 5 rings (SSSR count). The lowest BCUT2D eigenvalue weighted by atomic mass is 9.95. The molecule has 3 aromatic heterocycles. The number of anilines is 2. The van der Waals surface area contributed by atoms with Gasteiger partial charge in [0, 0.05) is 11.3 Å². The predicted molar refractivity (Wildman–Crippen MR) is 114 cm³/mol. The van der Waals surface area contributed by atoms with Crippen molar-refractivity contribution in [3.63, 3.8) is 0 Å². The largest absolute Gasteiger partial charge is 0.467 e. The van der Waals surface area contributed by atoms with Gasteiger partial charge in [-0.1, -0.05) is 0 Å². The summed E-state index contributed by atoms with van der Waals surface area (Å²) in [5.74, 6) is -1.06. The number of aromatic nitrogens is 2. The number of rotatable bonds is 4. The summed E-state index contributed by atoms with van der Waals surface area (Å²) >= 11 is 1.28. The summed E-state index contributed by atoms with van der Waals surface area (Å²) in [6, 6.07) is 0.438. The second-order valence-electron chi connectivity index (χ2n) is 8.09. The first-order valence-electron chi connectivity index (χ1n) is 10.4. The molecule has 0 saturated carbocycles. The monoisotopic (exact) mass is 479 g/mol. The van der Waals surface area contributed by atoms with E-state index in [-0.39, 0.29) is 23.4 Å². The second kappa shape index (κ2) is 7.94. The molecular formula is C21H20F3N5O3S. The maximum atomic E-state index is 13.8. The summed E-state index contributed by atoms with van der Waals surface area (Å²) in [5.41, 5.74) is 6.63. The van der Waals surface area contributed by atoms with Gasteiger partial charge in [-0.15, -0.1) is 11.3 Å². The number of thiophene rings is 1. The zero-order valence-corrected chi connectivity index (χ0v) is 18.1. The van der Waals surface area contributed by atoms with Crippen LogP contribution in [0.4, 0.5) is 24.0 Å². The first-order chi connectivity index (χ1) is 15.7. The number of nitrogens with two attached hydrogens (primary N) is 1. The van der Waals surface area contributed by atoms with E-state index in [0.717, 1.165) is 40.6 Å². The molecule has 0 unspecified atom stereocenters. The molecule has 2 aliphatic rings. The van der Waals surface area contributed by atoms with Crippen LogP contribution < -0.4 is 16.4 Å². The average molecular weight is 479 g/mol. The minimum absolute atomic E-state index is 0.0654. The second-order valence-corrected chi connectivity index (χ2v) is 9.20. The number of hydrogen-bond donors (Lipinski definition) is 3. The number of carbonyl (C=O) groups is 2. The number of halogens is 3. The number of nitrogens with one attached hydrogen (secondary N) is 2. The third kappa shape index (κ3) is 3.77. The van der Waals surface area contributed by atoms with Gasteiger partial charge in [-0.3, -0.25) is 9.59 Å². The van der Waals surface area contributed by atoms with E-state index in [4.69, 9.17) is 10.2 Å². The van der Waals surface area contributed by atoms with Crippen molar-refractivity contribution in [2.45, 2.75) is 50.4 Å². The number of nitrogens with zero attached hydrogens (tertiary/aromatic N) is 2. The number of carbonyl (C=O) groups excluding carboxylic acids is 2. The normalized spacial score (nSPS) is 20.0. The standard InChI is InChI=1S/C21H20F3N5O3S/c22-21(23,24)15-8-12(13-5-3-7-32-13)27-18-11(9-26-29(15)18)19(31)28-20-16(17(25)30)10-4-1-2-6-14(10)33-20/h3,5,7,9,12,15,27H,1-2,4,6,8H2,(H2,25,30)(H,28,31)/t12-,15+/m0/s1. The van der Waals surface area contributed by atoms with Gasteiger partial charge < -0.3 is 20.8 Å². The van der Waals surface area contributed by atoms with Crippen LogP contribution in [-0.4, -0.2) is 27.8 Å². The van der Waals surface area contributed by atoms with Crippen LogP contribution in [0.15, 0.2) is 29.0 Å². The van der Waals surface area contributed by atoms with Crippen LogP contribution in [-0.2, 0) is 12.8 Å². The van der Waals surface area contributed by atoms with Gasteiger partial charge in [0.15, 0.2) is 6.04 Å². The molecule has 12 heteroatoms. The quantitative estimate of drug-likeness (QED) is 0.512. The summed E-state index contributed by atoms with van der Waals surface area (Å²) in [7, 11) is 0. The molecule has 2 atom stereocenters. The van der Waals surface area contributed by atoms with Crippen LogP contribution in [0, 0.1) is 0 Å². The molecule has 0 bridgehead atoms. The van der Waals surface area contributed by atoms with Gasteiger partial charge in [-0.05, 0) is 43.4 Å². The van der Waals surface area contributed by atoms with Crippen LogP contribution in [0.3, 0.4) is 0 Å². The number of aryl methyl sites for hydroxylation is 1. The predicted octanol–water partition coefficient (Wildman–Crippen LogP) is 4.43. The van der Waals surface area contributed by atoms with Gasteiger partial charge in [0.2, 0.25) is 0 Å². The summed E-state index contributed by atoms with van der Waals surface area (Å²) in [6.45, 7) is 0. The first-order valence-corrected chi connectivity index (χ1v) is 11.3. The summed E-state index contributed by atoms with van der Waals surface area (Å²) in [5, 5.41) is 9.82. The Hall–Kier alpha value is -3.28. The highest BCUT2D eigenvalue weighted by Gasteiger charge is 2.47. The fourth-order valence-electron chi connectivity index (χ4n) is 4.49. The summed E-state index contributed by atoms with van der Waals surface area (Å²) in [4.78, 5) is 26.2. The third-order valence-corrected chi connectivity index (χ3v) is 7.22. The van der Waals surface area contributed by atoms with E-state index in [1.165, 1.54) is 17.6 Å². The van der Waals surface area contributed by atoms with Crippen molar-refractivity contribution in [3.8, 4) is 0 Å². The molecule has 4 heterocycles. The SMILES string of the molecule is NC(=O)c1c(NC(=O)c2cnn3c2N[C@H](c2ccco2)C[C@@H]3C(F)(F)F)sc2c1CCCC2. The van der Waals surface area contributed by atoms with E-state index >= 15 is 0 Å². The number of hydrogen-bond acceptors (Lipinski definition) is 6. The highest BCUT2D eigenvalue weighted by atomic mass is 32.1. The Morgan fingerprint density at radius 1 is 1.30 bits per heavy atom. The molecule has 0 saturated heterocycles. The number of furan rings is 1. The molecule has 3 aromatic rings. The van der Waals surface area contributed by atoms with Crippen molar-refractivity contribution in [2.24, 2.45) is 5.73 Å². The van der Waals surface area contributed by atoms with Gasteiger partial charge in [-0.25, -0.2) is 4.68 Å². The van der Waals surface area contributed by atoms with Crippen LogP contribution in [0.5, 0.6) is 0 Å². The van der Waals surface area contributed by atoms with Crippen LogP contribution in [0.1, 0.15) is 68.3 Å². The van der Waals surface area contributed by atoms with Crippen molar-refractivity contribution in [3.05, 3.63) is 51.9 Å². The minimum atomic E-state index is -4.58. The van der Waals surface area contributed by atoms with Gasteiger partial charge in [0.05, 0.1) is 24.1 Å². The first kappa shape index (κ1) is 21.6. The minimum Gasteiger partial charge on any atom is -0.467 e. The molecule has 4 N–H and O–H groups in total. The Kier molecular flexibility index (Phi) is 5.19. The summed E-state index contributed by atoms with van der Waals surface area (Å²) < 4.78 is 47.5. The van der Waals surface area contributed by atoms with Gasteiger partial charge >= 0.3 is 6.18 Å². The van der Waals surface area contributed by atoms with Crippen LogP contribution in [0.25, 0.3) is 0 Å². The van der Waals surface area contributed by atoms with E-state index in [1.54, 1.807) is 12.1 Å². The maximum absolute atomic E-state index is 13.8. The van der Waals surface area contributed by atoms with E-state index in [1.807, 2.05) is 0 Å². The van der Waals surface area contributed by atoms with Crippen molar-refractivity contribution >= 4 is 34.0 Å². The van der Waals surface area contributed by atoms with Crippen molar-refractivity contribution in [1.29, 1.82) is 0 Å². The molecule has 8 nitrogen and oxygen atoms in total. The lowest BCUT2D eigenvalue weighted by Gasteiger charge is -2.32. The van der Waals surface area contributed by atoms with Crippen molar-refractivity contribution < 1.29 is 27.2 Å².